The summed E-state index contributed by atoms with van der Waals surface area (Å²) >= 11 is 1.89. The van der Waals surface area contributed by atoms with Crippen LogP contribution in [-0.2, 0) is 22.4 Å². The number of allylic oxidation sites excluding steroid dienone is 2. The highest BCUT2D eigenvalue weighted by Gasteiger charge is 2.27. The van der Waals surface area contributed by atoms with Gasteiger partial charge in [-0.3, -0.25) is 4.79 Å². The van der Waals surface area contributed by atoms with Gasteiger partial charge in [-0.05, 0) is 62.3 Å². The predicted octanol–water partition coefficient (Wildman–Crippen LogP) is 6.27. The number of thiophene rings is 1. The number of rotatable bonds is 10. The van der Waals surface area contributed by atoms with E-state index in [4.69, 9.17) is 5.73 Å². The summed E-state index contributed by atoms with van der Waals surface area (Å²) < 4.78 is 0. The molecule has 0 spiro atoms. The molecule has 2 aromatic rings. The first-order valence-electron chi connectivity index (χ1n) is 12.5. The van der Waals surface area contributed by atoms with E-state index in [1.165, 1.54) is 52.4 Å². The molecule has 0 saturated heterocycles. The summed E-state index contributed by atoms with van der Waals surface area (Å²) in [6.45, 7) is 17.9. The molecule has 1 aliphatic carbocycles. The second kappa shape index (κ2) is 16.7. The van der Waals surface area contributed by atoms with Crippen LogP contribution < -0.4 is 16.4 Å². The normalized spacial score (nSPS) is 14.4. The van der Waals surface area contributed by atoms with Crippen molar-refractivity contribution in [2.24, 2.45) is 5.73 Å². The smallest absolute Gasteiger partial charge is 0.152 e. The summed E-state index contributed by atoms with van der Waals surface area (Å²) in [6, 6.07) is 10.3. The standard InChI is InChI=1S/C23H31N3S.C4H6O.C3H6O/c1-15(2)21-19-12-8-11-18(22(19)27-23(21)25-4)14-26-16(3)20(24)13-17-9-6-5-7-10-17;1-3-4(2)5;1-2-3-4/h5-7,9-10,18,20,25-26H,1,3,8,11-14,24H2,2,4H3;3H,1H2,2H3;3H,2H2,1H3. The quantitative estimate of drug-likeness (QED) is 0.260. The van der Waals surface area contributed by atoms with Gasteiger partial charge in [-0.15, -0.1) is 11.3 Å². The van der Waals surface area contributed by atoms with Crippen LogP contribution in [0.4, 0.5) is 5.00 Å². The molecule has 4 N–H and O–H groups in total. The number of nitrogens with one attached hydrogen (secondary N) is 2. The fraction of sp³-hybridized carbons (Fsp3) is 0.400. The van der Waals surface area contributed by atoms with Crippen molar-refractivity contribution in [2.75, 3.05) is 18.9 Å². The maximum Gasteiger partial charge on any atom is 0.152 e. The number of carbonyl (C=O) groups is 2. The summed E-state index contributed by atoms with van der Waals surface area (Å²) in [5.74, 6) is 0.532. The van der Waals surface area contributed by atoms with Gasteiger partial charge in [-0.25, -0.2) is 0 Å². The fourth-order valence-corrected chi connectivity index (χ4v) is 5.33. The Bertz CT molecular complexity index is 1010. The third-order valence-electron chi connectivity index (χ3n) is 5.82. The molecule has 1 aromatic heterocycles. The van der Waals surface area contributed by atoms with Gasteiger partial charge in [0.2, 0.25) is 0 Å². The molecule has 6 heteroatoms. The minimum Gasteiger partial charge on any atom is -0.387 e. The average molecular weight is 510 g/mol. The van der Waals surface area contributed by atoms with Crippen molar-refractivity contribution >= 4 is 34.0 Å². The van der Waals surface area contributed by atoms with Crippen molar-refractivity contribution in [2.45, 2.75) is 64.8 Å². The average Bonchev–Trinajstić information content (AvgIpc) is 3.28. The highest BCUT2D eigenvalue weighted by atomic mass is 32.1. The van der Waals surface area contributed by atoms with E-state index in [1.54, 1.807) is 0 Å². The number of carbonyl (C=O) groups excluding carboxylic acids is 2. The molecule has 3 rings (SSSR count). The summed E-state index contributed by atoms with van der Waals surface area (Å²) in [5, 5.41) is 8.15. The van der Waals surface area contributed by atoms with Crippen LogP contribution in [0.2, 0.25) is 0 Å². The molecule has 0 amide bonds. The zero-order chi connectivity index (χ0) is 27.1. The maximum atomic E-state index is 9.69. The van der Waals surface area contributed by atoms with Gasteiger partial charge in [0, 0.05) is 48.1 Å². The molecular formula is C30H43N3O2S. The number of hydrogen-bond donors (Lipinski definition) is 3. The van der Waals surface area contributed by atoms with Crippen LogP contribution in [0, 0.1) is 0 Å². The topological polar surface area (TPSA) is 84.2 Å². The minimum absolute atomic E-state index is 0.0185. The molecular weight excluding hydrogens is 466 g/mol. The SMILES string of the molecule is C=C(C)c1c(NC)sc2c1CCCC2CNC(=C)C(N)Cc1ccccc1.C=CC(C)=O.CCC=O. The molecule has 2 unspecified atom stereocenters. The van der Waals surface area contributed by atoms with E-state index >= 15 is 0 Å². The highest BCUT2D eigenvalue weighted by molar-refractivity contribution is 7.16. The Hall–Kier alpha value is -2.96. The Kier molecular flexibility index (Phi) is 14.4. The van der Waals surface area contributed by atoms with E-state index < -0.39 is 0 Å². The predicted molar refractivity (Wildman–Crippen MR) is 157 cm³/mol. The molecule has 0 bridgehead atoms. The second-order valence-corrected chi connectivity index (χ2v) is 9.91. The summed E-state index contributed by atoms with van der Waals surface area (Å²) in [7, 11) is 2.00. The van der Waals surface area contributed by atoms with Crippen molar-refractivity contribution in [3.8, 4) is 0 Å². The van der Waals surface area contributed by atoms with Gasteiger partial charge >= 0.3 is 0 Å². The van der Waals surface area contributed by atoms with Gasteiger partial charge in [-0.1, -0.05) is 57.0 Å². The summed E-state index contributed by atoms with van der Waals surface area (Å²) in [6.07, 6.45) is 7.19. The molecule has 0 fully saturated rings. The van der Waals surface area contributed by atoms with Crippen molar-refractivity contribution in [1.29, 1.82) is 0 Å². The molecule has 0 radical (unpaired) electrons. The molecule has 5 nitrogen and oxygen atoms in total. The Balaban J connectivity index is 0.000000620. The van der Waals surface area contributed by atoms with Crippen LogP contribution >= 0.6 is 11.3 Å². The number of hydrogen-bond acceptors (Lipinski definition) is 6. The van der Waals surface area contributed by atoms with Crippen molar-refractivity contribution < 1.29 is 9.59 Å². The van der Waals surface area contributed by atoms with Crippen LogP contribution in [0.25, 0.3) is 5.57 Å². The van der Waals surface area contributed by atoms with Gasteiger partial charge in [0.25, 0.3) is 0 Å². The third kappa shape index (κ3) is 9.96. The Morgan fingerprint density at radius 3 is 2.36 bits per heavy atom. The van der Waals surface area contributed by atoms with Crippen molar-refractivity contribution in [3.05, 3.63) is 83.4 Å². The largest absolute Gasteiger partial charge is 0.387 e. The molecule has 0 saturated carbocycles. The number of anilines is 1. The van der Waals surface area contributed by atoms with E-state index in [-0.39, 0.29) is 11.8 Å². The molecule has 36 heavy (non-hydrogen) atoms. The van der Waals surface area contributed by atoms with Crippen LogP contribution in [0.3, 0.4) is 0 Å². The molecule has 0 aliphatic heterocycles. The maximum absolute atomic E-state index is 9.69. The van der Waals surface area contributed by atoms with Crippen molar-refractivity contribution in [1.82, 2.24) is 5.32 Å². The van der Waals surface area contributed by atoms with Gasteiger partial charge in [0.05, 0.1) is 5.00 Å². The fourth-order valence-electron chi connectivity index (χ4n) is 3.92. The van der Waals surface area contributed by atoms with Gasteiger partial charge in [0.1, 0.15) is 6.29 Å². The monoisotopic (exact) mass is 509 g/mol. The Labute approximate surface area is 221 Å². The minimum atomic E-state index is -0.0716. The van der Waals surface area contributed by atoms with E-state index in [0.29, 0.717) is 12.3 Å². The molecule has 1 aliphatic rings. The number of benzene rings is 1. The first-order valence-corrected chi connectivity index (χ1v) is 13.3. The van der Waals surface area contributed by atoms with Gasteiger partial charge in [0.15, 0.2) is 5.78 Å². The van der Waals surface area contributed by atoms with Crippen molar-refractivity contribution in [3.63, 3.8) is 0 Å². The first kappa shape index (κ1) is 31.1. The van der Waals surface area contributed by atoms with Crippen LogP contribution in [-0.4, -0.2) is 31.7 Å². The number of fused-ring (bicyclic) bond motifs is 1. The lowest BCUT2D eigenvalue weighted by molar-refractivity contribution is -0.112. The summed E-state index contributed by atoms with van der Waals surface area (Å²) in [5.41, 5.74) is 12.5. The lowest BCUT2D eigenvalue weighted by atomic mass is 9.86. The molecule has 2 atom stereocenters. The number of nitrogens with two attached hydrogens (primary N) is 1. The van der Waals surface area contributed by atoms with E-state index in [2.05, 4.69) is 61.6 Å². The zero-order valence-corrected chi connectivity index (χ0v) is 23.2. The highest BCUT2D eigenvalue weighted by Crippen LogP contribution is 2.45. The lowest BCUT2D eigenvalue weighted by Crippen LogP contribution is -2.35. The van der Waals surface area contributed by atoms with Crippen LogP contribution in [0.15, 0.2) is 61.8 Å². The number of aldehydes is 1. The zero-order valence-electron chi connectivity index (χ0n) is 22.4. The number of ketones is 1. The van der Waals surface area contributed by atoms with E-state index in [0.717, 1.165) is 36.9 Å². The van der Waals surface area contributed by atoms with Crippen LogP contribution in [0.1, 0.15) is 67.5 Å². The second-order valence-electron chi connectivity index (χ2n) is 8.86. The third-order valence-corrected chi connectivity index (χ3v) is 7.23. The van der Waals surface area contributed by atoms with Crippen LogP contribution in [0.5, 0.6) is 0 Å². The lowest BCUT2D eigenvalue weighted by Gasteiger charge is -2.25. The molecule has 1 heterocycles. The molecule has 1 aromatic carbocycles. The molecule has 196 valence electrons. The first-order chi connectivity index (χ1) is 17.2. The Morgan fingerprint density at radius 1 is 1.25 bits per heavy atom. The Morgan fingerprint density at radius 2 is 1.86 bits per heavy atom. The van der Waals surface area contributed by atoms with Gasteiger partial charge in [-0.2, -0.15) is 0 Å². The van der Waals surface area contributed by atoms with E-state index in [9.17, 15) is 9.59 Å². The van der Waals surface area contributed by atoms with E-state index in [1.807, 2.05) is 31.4 Å². The van der Waals surface area contributed by atoms with Gasteiger partial charge < -0.3 is 21.2 Å². The summed E-state index contributed by atoms with van der Waals surface area (Å²) in [4.78, 5) is 20.4.